The third kappa shape index (κ3) is 2.71. The van der Waals surface area contributed by atoms with E-state index in [1.54, 1.807) is 24.4 Å². The zero-order valence-electron chi connectivity index (χ0n) is 11.7. The topological polar surface area (TPSA) is 130 Å². The van der Waals surface area contributed by atoms with Gasteiger partial charge in [0.2, 0.25) is 0 Å². The molecule has 3 N–H and O–H groups in total. The van der Waals surface area contributed by atoms with Crippen LogP contribution in [0.15, 0.2) is 30.5 Å². The van der Waals surface area contributed by atoms with Gasteiger partial charge in [0, 0.05) is 11.8 Å². The molecule has 9 nitrogen and oxygen atoms in total. The second-order valence-corrected chi connectivity index (χ2v) is 4.94. The highest BCUT2D eigenvalue weighted by Crippen LogP contribution is 2.22. The molecular weight excluding hydrogens is 304 g/mol. The molecule has 3 rings (SSSR count). The molecule has 0 bridgehead atoms. The van der Waals surface area contributed by atoms with Gasteiger partial charge in [0.05, 0.1) is 29.5 Å². The second-order valence-electron chi connectivity index (χ2n) is 4.94. The van der Waals surface area contributed by atoms with Gasteiger partial charge in [-0.2, -0.15) is 4.73 Å². The maximum atomic E-state index is 11.0. The lowest BCUT2D eigenvalue weighted by molar-refractivity contribution is -0.136. The smallest absolute Gasteiger partial charge is 0.356 e. The quantitative estimate of drug-likeness (QED) is 0.602. The predicted octanol–water partition coefficient (Wildman–Crippen LogP) is 1.17. The summed E-state index contributed by atoms with van der Waals surface area (Å²) in [5.74, 6) is -2.15. The lowest BCUT2D eigenvalue weighted by atomic mass is 10.2. The average molecular weight is 316 g/mol. The minimum absolute atomic E-state index is 0.0425. The van der Waals surface area contributed by atoms with E-state index >= 15 is 0 Å². The predicted molar refractivity (Wildman–Crippen MR) is 77.0 cm³/mol. The molecule has 0 saturated carbocycles. The molecule has 0 radical (unpaired) electrons. The fourth-order valence-electron chi connectivity index (χ4n) is 2.24. The highest BCUT2D eigenvalue weighted by atomic mass is 16.5. The van der Waals surface area contributed by atoms with Gasteiger partial charge in [0.25, 0.3) is 0 Å². The van der Waals surface area contributed by atoms with Crippen molar-refractivity contribution in [2.45, 2.75) is 12.8 Å². The van der Waals surface area contributed by atoms with Crippen LogP contribution in [0.1, 0.15) is 22.6 Å². The molecule has 0 spiro atoms. The van der Waals surface area contributed by atoms with Crippen LogP contribution in [-0.4, -0.2) is 47.1 Å². The molecular formula is C14H12N4O5. The van der Waals surface area contributed by atoms with Gasteiger partial charge in [0.1, 0.15) is 0 Å². The molecule has 0 fully saturated rings. The van der Waals surface area contributed by atoms with Crippen molar-refractivity contribution in [3.05, 3.63) is 41.9 Å². The monoisotopic (exact) mass is 316 g/mol. The van der Waals surface area contributed by atoms with Crippen LogP contribution in [-0.2, 0) is 11.2 Å². The lowest BCUT2D eigenvalue weighted by Gasteiger charge is -2.02. The minimum atomic E-state index is -1.23. The Morgan fingerprint density at radius 3 is 2.65 bits per heavy atom. The molecule has 0 atom stereocenters. The van der Waals surface area contributed by atoms with Crippen molar-refractivity contribution in [2.24, 2.45) is 0 Å². The number of aryl methyl sites for hydroxylation is 1. The number of carbonyl (C=O) groups is 2. The Morgan fingerprint density at radius 2 is 1.96 bits per heavy atom. The minimum Gasteiger partial charge on any atom is -0.481 e. The van der Waals surface area contributed by atoms with Crippen molar-refractivity contribution in [1.82, 2.24) is 19.7 Å². The number of carboxylic acids is 2. The number of nitrogens with zero attached hydrogens (tertiary/aromatic N) is 4. The van der Waals surface area contributed by atoms with E-state index in [2.05, 4.69) is 10.3 Å². The summed E-state index contributed by atoms with van der Waals surface area (Å²) in [6, 6.07) is 6.28. The summed E-state index contributed by atoms with van der Waals surface area (Å²) >= 11 is 0. The van der Waals surface area contributed by atoms with Crippen LogP contribution in [0, 0.1) is 0 Å². The first-order valence-electron chi connectivity index (χ1n) is 6.67. The average Bonchev–Trinajstić information content (AvgIpc) is 3.10. The number of carboxylic acid groups (broad SMARTS) is 2. The largest absolute Gasteiger partial charge is 0.481 e. The molecule has 0 aliphatic carbocycles. The van der Waals surface area contributed by atoms with E-state index in [0.29, 0.717) is 27.0 Å². The number of fused-ring (bicyclic) bond motifs is 1. The molecule has 23 heavy (non-hydrogen) atoms. The van der Waals surface area contributed by atoms with Crippen molar-refractivity contribution in [3.8, 4) is 5.69 Å². The summed E-state index contributed by atoms with van der Waals surface area (Å²) in [6.07, 6.45) is 1.81. The molecule has 0 amide bonds. The summed E-state index contributed by atoms with van der Waals surface area (Å²) in [4.78, 5) is 21.6. The Balaban J connectivity index is 1.95. The second kappa shape index (κ2) is 5.44. The van der Waals surface area contributed by atoms with Gasteiger partial charge < -0.3 is 15.4 Å². The number of aromatic carboxylic acids is 1. The molecule has 2 heterocycles. The summed E-state index contributed by atoms with van der Waals surface area (Å²) in [6.45, 7) is 0. The fraction of sp³-hybridized carbons (Fsp3) is 0.143. The van der Waals surface area contributed by atoms with Crippen LogP contribution in [0.2, 0.25) is 0 Å². The van der Waals surface area contributed by atoms with Gasteiger partial charge in [-0.3, -0.25) is 4.79 Å². The molecule has 3 aromatic rings. The van der Waals surface area contributed by atoms with Gasteiger partial charge in [-0.15, -0.1) is 5.10 Å². The van der Waals surface area contributed by atoms with Gasteiger partial charge >= 0.3 is 11.9 Å². The van der Waals surface area contributed by atoms with Gasteiger partial charge in [-0.1, -0.05) is 11.3 Å². The van der Waals surface area contributed by atoms with E-state index in [0.717, 1.165) is 0 Å². The van der Waals surface area contributed by atoms with Gasteiger partial charge in [-0.05, 0) is 18.2 Å². The third-order valence-electron chi connectivity index (χ3n) is 3.38. The molecule has 0 saturated heterocycles. The van der Waals surface area contributed by atoms with Gasteiger partial charge in [-0.25, -0.2) is 9.48 Å². The molecule has 118 valence electrons. The van der Waals surface area contributed by atoms with E-state index in [1.165, 1.54) is 10.7 Å². The summed E-state index contributed by atoms with van der Waals surface area (Å²) in [5, 5.41) is 35.9. The highest BCUT2D eigenvalue weighted by molar-refractivity contribution is 5.94. The van der Waals surface area contributed by atoms with Crippen LogP contribution in [0.4, 0.5) is 0 Å². The number of hydrogen-bond acceptors (Lipinski definition) is 5. The van der Waals surface area contributed by atoms with Crippen LogP contribution in [0.25, 0.3) is 16.6 Å². The van der Waals surface area contributed by atoms with Crippen molar-refractivity contribution in [1.29, 1.82) is 0 Å². The molecule has 1 aromatic carbocycles. The maximum absolute atomic E-state index is 11.0. The van der Waals surface area contributed by atoms with Crippen molar-refractivity contribution in [2.75, 3.05) is 0 Å². The first-order valence-corrected chi connectivity index (χ1v) is 6.67. The molecule has 0 unspecified atom stereocenters. The fourth-order valence-corrected chi connectivity index (χ4v) is 2.24. The number of hydrogen-bond donors (Lipinski definition) is 3. The number of aromatic nitrogens is 4. The number of benzene rings is 1. The zero-order valence-corrected chi connectivity index (χ0v) is 11.7. The van der Waals surface area contributed by atoms with E-state index in [4.69, 9.17) is 10.2 Å². The molecule has 9 heteroatoms. The highest BCUT2D eigenvalue weighted by Gasteiger charge is 2.15. The summed E-state index contributed by atoms with van der Waals surface area (Å²) in [5.41, 5.74) is 1.18. The van der Waals surface area contributed by atoms with Crippen LogP contribution < -0.4 is 0 Å². The normalized spacial score (nSPS) is 11.0. The third-order valence-corrected chi connectivity index (χ3v) is 3.38. The zero-order chi connectivity index (χ0) is 16.6. The van der Waals surface area contributed by atoms with Crippen molar-refractivity contribution < 1.29 is 25.0 Å². The van der Waals surface area contributed by atoms with Crippen LogP contribution in [0.3, 0.4) is 0 Å². The standard InChI is InChI=1S/C14H12N4O5/c19-13(20)4-2-9-7-17(16-15-9)10-3-1-8-5-12(14(21)22)18(23)11(8)6-10/h1,3,5-7,23H,2,4H2,(H,19,20)(H,21,22). The van der Waals surface area contributed by atoms with E-state index in [-0.39, 0.29) is 18.5 Å². The first-order chi connectivity index (χ1) is 11.0. The number of rotatable bonds is 5. The van der Waals surface area contributed by atoms with Crippen LogP contribution in [0.5, 0.6) is 0 Å². The Kier molecular flexibility index (Phi) is 3.45. The Labute approximate surface area is 129 Å². The van der Waals surface area contributed by atoms with Crippen molar-refractivity contribution >= 4 is 22.8 Å². The first kappa shape index (κ1) is 14.6. The van der Waals surface area contributed by atoms with E-state index in [9.17, 15) is 14.8 Å². The van der Waals surface area contributed by atoms with Crippen LogP contribution >= 0.6 is 0 Å². The number of aliphatic carboxylic acids is 1. The molecule has 0 aliphatic heterocycles. The molecule has 0 aliphatic rings. The maximum Gasteiger partial charge on any atom is 0.356 e. The molecule has 2 aromatic heterocycles. The van der Waals surface area contributed by atoms with Crippen molar-refractivity contribution in [3.63, 3.8) is 0 Å². The Hall–Kier alpha value is -3.36. The van der Waals surface area contributed by atoms with Gasteiger partial charge in [0.15, 0.2) is 5.69 Å². The van der Waals surface area contributed by atoms with E-state index < -0.39 is 11.9 Å². The summed E-state index contributed by atoms with van der Waals surface area (Å²) in [7, 11) is 0. The Morgan fingerprint density at radius 1 is 1.17 bits per heavy atom. The Bertz CT molecular complexity index is 911. The summed E-state index contributed by atoms with van der Waals surface area (Å²) < 4.78 is 2.04. The lowest BCUT2D eigenvalue weighted by Crippen LogP contribution is -2.04. The SMILES string of the molecule is O=C(O)CCc1cn(-c2ccc3cc(C(=O)O)n(O)c3c2)nn1. The van der Waals surface area contributed by atoms with E-state index in [1.807, 2.05) is 0 Å².